The fourth-order valence-electron chi connectivity index (χ4n) is 3.79. The number of sulfonamides is 1. The quantitative estimate of drug-likeness (QED) is 0.366. The molecular weight excluding hydrogens is 512 g/mol. The molecule has 1 N–H and O–H groups in total. The average Bonchev–Trinajstić information content (AvgIpc) is 2.94. The normalized spacial score (nSPS) is 11.7. The Bertz CT molecular complexity index is 1360. The van der Waals surface area contributed by atoms with Gasteiger partial charge in [-0.25, -0.2) is 8.42 Å². The number of hydrogen-bond acceptors (Lipinski definition) is 8. The summed E-state index contributed by atoms with van der Waals surface area (Å²) in [5.74, 6) is 1.73. The van der Waals surface area contributed by atoms with Crippen LogP contribution in [0.1, 0.15) is 18.5 Å². The van der Waals surface area contributed by atoms with E-state index in [-0.39, 0.29) is 16.3 Å². The second-order valence-corrected chi connectivity index (χ2v) is 9.99. The van der Waals surface area contributed by atoms with Crippen molar-refractivity contribution in [2.45, 2.75) is 17.9 Å². The van der Waals surface area contributed by atoms with Crippen LogP contribution in [0.25, 0.3) is 0 Å². The number of methoxy groups -OCH3 is 5. The van der Waals surface area contributed by atoms with Gasteiger partial charge in [-0.2, -0.15) is 0 Å². The number of hydrogen-bond donors (Lipinski definition) is 1. The lowest BCUT2D eigenvalue weighted by molar-refractivity contribution is -0.120. The summed E-state index contributed by atoms with van der Waals surface area (Å²) in [5.41, 5.74) is 1.05. The summed E-state index contributed by atoms with van der Waals surface area (Å²) in [6.45, 7) is 1.32. The number of nitrogens with one attached hydrogen (secondary N) is 1. The molecule has 0 aliphatic heterocycles. The number of rotatable bonds is 12. The molecule has 3 aromatic rings. The van der Waals surface area contributed by atoms with Crippen molar-refractivity contribution in [3.05, 3.63) is 66.2 Å². The zero-order chi connectivity index (χ0) is 27.9. The van der Waals surface area contributed by atoms with Gasteiger partial charge in [0.25, 0.3) is 10.0 Å². The average molecular weight is 545 g/mol. The van der Waals surface area contributed by atoms with Crippen LogP contribution in [0.3, 0.4) is 0 Å². The fraction of sp³-hybridized carbons (Fsp3) is 0.296. The number of benzene rings is 3. The van der Waals surface area contributed by atoms with Crippen LogP contribution < -0.4 is 33.3 Å². The Balaban J connectivity index is 1.93. The van der Waals surface area contributed by atoms with E-state index in [0.29, 0.717) is 23.0 Å². The first kappa shape index (κ1) is 28.5. The van der Waals surface area contributed by atoms with Crippen molar-refractivity contribution >= 4 is 21.6 Å². The van der Waals surface area contributed by atoms with Gasteiger partial charge >= 0.3 is 0 Å². The van der Waals surface area contributed by atoms with Crippen molar-refractivity contribution in [1.82, 2.24) is 5.32 Å². The van der Waals surface area contributed by atoms with Crippen LogP contribution in [0.4, 0.5) is 5.69 Å². The van der Waals surface area contributed by atoms with Crippen molar-refractivity contribution in [3.63, 3.8) is 0 Å². The maximum atomic E-state index is 13.8. The molecule has 1 atom stereocenters. The van der Waals surface area contributed by atoms with Gasteiger partial charge in [-0.1, -0.05) is 6.07 Å². The SMILES string of the molecule is COc1ccc(N(CC(=O)N[C@H](C)c2ccc(OC)c(OC)c2)S(=O)(=O)c2ccc(OC)c(OC)c2)cc1. The van der Waals surface area contributed by atoms with Crippen LogP contribution in [0.5, 0.6) is 28.7 Å². The molecule has 204 valence electrons. The van der Waals surface area contributed by atoms with E-state index in [9.17, 15) is 13.2 Å². The second-order valence-electron chi connectivity index (χ2n) is 8.13. The molecule has 0 fully saturated rings. The molecule has 10 nitrogen and oxygen atoms in total. The molecule has 0 saturated carbocycles. The third kappa shape index (κ3) is 6.23. The molecule has 0 saturated heterocycles. The number of nitrogens with zero attached hydrogens (tertiary/aromatic N) is 1. The molecule has 3 rings (SSSR count). The van der Waals surface area contributed by atoms with Crippen LogP contribution in [0.15, 0.2) is 65.6 Å². The Labute approximate surface area is 223 Å². The van der Waals surface area contributed by atoms with Gasteiger partial charge < -0.3 is 29.0 Å². The minimum atomic E-state index is -4.19. The molecule has 38 heavy (non-hydrogen) atoms. The van der Waals surface area contributed by atoms with Gasteiger partial charge in [0.05, 0.1) is 52.2 Å². The van der Waals surface area contributed by atoms with Crippen molar-refractivity contribution in [3.8, 4) is 28.7 Å². The van der Waals surface area contributed by atoms with E-state index < -0.39 is 28.5 Å². The van der Waals surface area contributed by atoms with E-state index in [0.717, 1.165) is 9.87 Å². The summed E-state index contributed by atoms with van der Waals surface area (Å²) >= 11 is 0. The highest BCUT2D eigenvalue weighted by Crippen LogP contribution is 2.33. The summed E-state index contributed by atoms with van der Waals surface area (Å²) in [4.78, 5) is 13.1. The van der Waals surface area contributed by atoms with Crippen molar-refractivity contribution in [2.75, 3.05) is 46.4 Å². The maximum Gasteiger partial charge on any atom is 0.264 e. The highest BCUT2D eigenvalue weighted by Gasteiger charge is 2.29. The molecular formula is C27H32N2O8S. The first-order valence-electron chi connectivity index (χ1n) is 11.6. The summed E-state index contributed by atoms with van der Waals surface area (Å²) in [6.07, 6.45) is 0. The van der Waals surface area contributed by atoms with Gasteiger partial charge in [0.1, 0.15) is 12.3 Å². The van der Waals surface area contributed by atoms with E-state index in [1.165, 1.54) is 53.7 Å². The van der Waals surface area contributed by atoms with Crippen molar-refractivity contribution in [2.24, 2.45) is 0 Å². The van der Waals surface area contributed by atoms with E-state index in [4.69, 9.17) is 23.7 Å². The molecule has 0 aromatic heterocycles. The molecule has 0 aliphatic carbocycles. The third-order valence-corrected chi connectivity index (χ3v) is 7.65. The summed E-state index contributed by atoms with van der Waals surface area (Å²) < 4.78 is 54.9. The van der Waals surface area contributed by atoms with E-state index in [1.54, 1.807) is 49.4 Å². The zero-order valence-corrected chi connectivity index (χ0v) is 23.0. The Hall–Kier alpha value is -4.12. The lowest BCUT2D eigenvalue weighted by atomic mass is 10.1. The molecule has 3 aromatic carbocycles. The standard InChI is InChI=1S/C27H32N2O8S/c1-18(19-7-13-23(34-3)25(15-19)36-5)28-27(30)17-29(20-8-10-21(33-2)11-9-20)38(31,32)22-12-14-24(35-4)26(16-22)37-6/h7-16,18H,17H2,1-6H3,(H,28,30)/t18-/m1/s1. The highest BCUT2D eigenvalue weighted by atomic mass is 32.2. The summed E-state index contributed by atoms with van der Waals surface area (Å²) in [6, 6.07) is 15.5. The van der Waals surface area contributed by atoms with Gasteiger partial charge in [-0.05, 0) is 61.0 Å². The molecule has 0 heterocycles. The topological polar surface area (TPSA) is 113 Å². The van der Waals surface area contributed by atoms with Crippen LogP contribution in [0, 0.1) is 0 Å². The highest BCUT2D eigenvalue weighted by molar-refractivity contribution is 7.92. The molecule has 0 bridgehead atoms. The molecule has 0 aliphatic rings. The van der Waals surface area contributed by atoms with Gasteiger partial charge in [0.15, 0.2) is 23.0 Å². The smallest absolute Gasteiger partial charge is 0.264 e. The number of anilines is 1. The summed E-state index contributed by atoms with van der Waals surface area (Å²) in [5, 5.41) is 2.86. The lowest BCUT2D eigenvalue weighted by Gasteiger charge is -2.25. The fourth-order valence-corrected chi connectivity index (χ4v) is 5.23. The molecule has 11 heteroatoms. The van der Waals surface area contributed by atoms with Crippen molar-refractivity contribution in [1.29, 1.82) is 0 Å². The Morgan fingerprint density at radius 1 is 0.763 bits per heavy atom. The monoisotopic (exact) mass is 544 g/mol. The van der Waals surface area contributed by atoms with Crippen LogP contribution >= 0.6 is 0 Å². The maximum absolute atomic E-state index is 13.8. The first-order valence-corrected chi connectivity index (χ1v) is 13.0. The van der Waals surface area contributed by atoms with Crippen LogP contribution in [0.2, 0.25) is 0 Å². The predicted molar refractivity (Wildman–Crippen MR) is 143 cm³/mol. The van der Waals surface area contributed by atoms with E-state index in [2.05, 4.69) is 5.32 Å². The Morgan fingerprint density at radius 2 is 1.32 bits per heavy atom. The van der Waals surface area contributed by atoms with Crippen LogP contribution in [-0.4, -0.2) is 56.4 Å². The van der Waals surface area contributed by atoms with Gasteiger partial charge in [-0.15, -0.1) is 0 Å². The minimum absolute atomic E-state index is 0.0632. The largest absolute Gasteiger partial charge is 0.497 e. The number of carbonyl (C=O) groups excluding carboxylic acids is 1. The molecule has 1 amide bonds. The third-order valence-electron chi connectivity index (χ3n) is 5.88. The van der Waals surface area contributed by atoms with E-state index in [1.807, 2.05) is 0 Å². The predicted octanol–water partition coefficient (Wildman–Crippen LogP) is 3.80. The van der Waals surface area contributed by atoms with Crippen molar-refractivity contribution < 1.29 is 36.9 Å². The molecule has 0 spiro atoms. The van der Waals surface area contributed by atoms with Gasteiger partial charge in [-0.3, -0.25) is 9.10 Å². The first-order chi connectivity index (χ1) is 18.2. The summed E-state index contributed by atoms with van der Waals surface area (Å²) in [7, 11) is 3.26. The van der Waals surface area contributed by atoms with Crippen LogP contribution in [-0.2, 0) is 14.8 Å². The zero-order valence-electron chi connectivity index (χ0n) is 22.2. The molecule has 0 radical (unpaired) electrons. The number of amides is 1. The minimum Gasteiger partial charge on any atom is -0.497 e. The van der Waals surface area contributed by atoms with Gasteiger partial charge in [0, 0.05) is 6.07 Å². The molecule has 0 unspecified atom stereocenters. The van der Waals surface area contributed by atoms with Gasteiger partial charge in [0.2, 0.25) is 5.91 Å². The second kappa shape index (κ2) is 12.4. The Morgan fingerprint density at radius 3 is 1.87 bits per heavy atom. The lowest BCUT2D eigenvalue weighted by Crippen LogP contribution is -2.41. The van der Waals surface area contributed by atoms with E-state index >= 15 is 0 Å². The number of ether oxygens (including phenoxy) is 5. The Kier molecular flexibility index (Phi) is 9.30. The number of carbonyl (C=O) groups is 1.